The third-order valence-electron chi connectivity index (χ3n) is 7.44. The SMILES string of the molecule is CC(C)(C)c1cc(NC(=O)C(=NO)c2ccc(OCCN3CCOCC3)c3ccccc23)c(C(=O)N2CCOCC2)s1. The number of carbonyl (C=O) groups excluding carboxylic acids is 2. The molecule has 2 fully saturated rings. The number of nitrogens with one attached hydrogen (secondary N) is 1. The van der Waals surface area contributed by atoms with Crippen LogP contribution in [0.5, 0.6) is 5.75 Å². The molecule has 2 aromatic carbocycles. The molecule has 2 N–H and O–H groups in total. The van der Waals surface area contributed by atoms with E-state index in [1.165, 1.54) is 11.3 Å². The second-order valence-corrected chi connectivity index (χ2v) is 12.4. The maximum Gasteiger partial charge on any atom is 0.278 e. The van der Waals surface area contributed by atoms with Gasteiger partial charge in [0.15, 0.2) is 5.71 Å². The van der Waals surface area contributed by atoms with Crippen molar-refractivity contribution < 1.29 is 29.0 Å². The topological polar surface area (TPSA) is 113 Å². The number of thiophene rings is 1. The molecule has 42 heavy (non-hydrogen) atoms. The van der Waals surface area contributed by atoms with Crippen molar-refractivity contribution in [2.24, 2.45) is 5.16 Å². The molecular formula is C31H38N4O6S. The fraction of sp³-hybridized carbons (Fsp3) is 0.452. The zero-order valence-electron chi connectivity index (χ0n) is 24.4. The quantitative estimate of drug-likeness (QED) is 0.228. The van der Waals surface area contributed by atoms with Crippen molar-refractivity contribution in [1.29, 1.82) is 0 Å². The van der Waals surface area contributed by atoms with Crippen molar-refractivity contribution in [2.75, 3.05) is 71.1 Å². The molecule has 3 aromatic rings. The number of oxime groups is 1. The third-order valence-corrected chi connectivity index (χ3v) is 8.98. The number of benzene rings is 2. The highest BCUT2D eigenvalue weighted by atomic mass is 32.1. The summed E-state index contributed by atoms with van der Waals surface area (Å²) in [6, 6.07) is 12.9. The van der Waals surface area contributed by atoms with Crippen LogP contribution in [0.25, 0.3) is 10.8 Å². The Hall–Kier alpha value is -3.51. The maximum absolute atomic E-state index is 13.6. The molecule has 0 spiro atoms. The average Bonchev–Trinajstić information content (AvgIpc) is 3.43. The van der Waals surface area contributed by atoms with Crippen LogP contribution in [0.1, 0.15) is 40.9 Å². The summed E-state index contributed by atoms with van der Waals surface area (Å²) >= 11 is 1.37. The van der Waals surface area contributed by atoms with E-state index in [1.54, 1.807) is 17.0 Å². The largest absolute Gasteiger partial charge is 0.492 e. The van der Waals surface area contributed by atoms with Crippen molar-refractivity contribution >= 4 is 45.3 Å². The number of anilines is 1. The lowest BCUT2D eigenvalue weighted by Crippen LogP contribution is -2.40. The smallest absolute Gasteiger partial charge is 0.278 e. The molecule has 0 unspecified atom stereocenters. The molecule has 2 saturated heterocycles. The molecule has 10 nitrogen and oxygen atoms in total. The summed E-state index contributed by atoms with van der Waals surface area (Å²) in [6.07, 6.45) is 0. The Bertz CT molecular complexity index is 1450. The number of hydrogen-bond acceptors (Lipinski definition) is 9. The van der Waals surface area contributed by atoms with E-state index in [0.717, 1.165) is 48.5 Å². The van der Waals surface area contributed by atoms with Crippen molar-refractivity contribution in [3.05, 3.63) is 57.8 Å². The Morgan fingerprint density at radius 3 is 2.33 bits per heavy atom. The van der Waals surface area contributed by atoms with E-state index in [2.05, 4.69) is 36.1 Å². The molecule has 0 aliphatic carbocycles. The molecule has 3 heterocycles. The van der Waals surface area contributed by atoms with Gasteiger partial charge in [-0.15, -0.1) is 11.3 Å². The second-order valence-electron chi connectivity index (χ2n) is 11.4. The summed E-state index contributed by atoms with van der Waals surface area (Å²) < 4.78 is 17.0. The summed E-state index contributed by atoms with van der Waals surface area (Å²) in [5, 5.41) is 17.9. The number of fused-ring (bicyclic) bond motifs is 1. The van der Waals surface area contributed by atoms with Gasteiger partial charge in [-0.05, 0) is 29.0 Å². The van der Waals surface area contributed by atoms with E-state index >= 15 is 0 Å². The summed E-state index contributed by atoms with van der Waals surface area (Å²) in [4.78, 5) is 32.6. The van der Waals surface area contributed by atoms with Crippen molar-refractivity contribution in [1.82, 2.24) is 9.80 Å². The highest BCUT2D eigenvalue weighted by Gasteiger charge is 2.29. The molecule has 0 atom stereocenters. The van der Waals surface area contributed by atoms with Gasteiger partial charge in [0.2, 0.25) is 0 Å². The van der Waals surface area contributed by atoms with Crippen molar-refractivity contribution in [3.8, 4) is 5.75 Å². The minimum Gasteiger partial charge on any atom is -0.492 e. The van der Waals surface area contributed by atoms with E-state index in [9.17, 15) is 14.8 Å². The lowest BCUT2D eigenvalue weighted by atomic mass is 9.94. The van der Waals surface area contributed by atoms with Gasteiger partial charge in [0, 0.05) is 48.6 Å². The van der Waals surface area contributed by atoms with Gasteiger partial charge in [-0.1, -0.05) is 50.2 Å². The van der Waals surface area contributed by atoms with Crippen LogP contribution in [0.3, 0.4) is 0 Å². The van der Waals surface area contributed by atoms with Gasteiger partial charge in [0.25, 0.3) is 11.8 Å². The molecule has 0 radical (unpaired) electrons. The number of nitrogens with zero attached hydrogens (tertiary/aromatic N) is 3. The van der Waals surface area contributed by atoms with Crippen LogP contribution in [0.15, 0.2) is 47.6 Å². The van der Waals surface area contributed by atoms with Gasteiger partial charge in [0.1, 0.15) is 17.2 Å². The molecular weight excluding hydrogens is 556 g/mol. The van der Waals surface area contributed by atoms with Gasteiger partial charge in [-0.2, -0.15) is 0 Å². The van der Waals surface area contributed by atoms with Crippen LogP contribution in [0, 0.1) is 0 Å². The van der Waals surface area contributed by atoms with Gasteiger partial charge in [0.05, 0.1) is 32.1 Å². The molecule has 0 saturated carbocycles. The minimum atomic E-state index is -0.613. The Morgan fingerprint density at radius 2 is 1.67 bits per heavy atom. The standard InChI is InChI=1S/C31H38N4O6S/c1-31(2,3)26-20-24(28(42-26)30(37)35-13-17-40-18-14-35)32-29(36)27(33-38)23-8-9-25(22-7-5-4-6-21(22)23)41-19-12-34-10-15-39-16-11-34/h4-9,20,38H,10-19H2,1-3H3,(H,32,36). The monoisotopic (exact) mass is 594 g/mol. The summed E-state index contributed by atoms with van der Waals surface area (Å²) in [7, 11) is 0. The summed E-state index contributed by atoms with van der Waals surface area (Å²) in [5.41, 5.74) is 0.479. The van der Waals surface area contributed by atoms with Crippen LogP contribution in [0.4, 0.5) is 5.69 Å². The first-order valence-corrected chi connectivity index (χ1v) is 15.1. The summed E-state index contributed by atoms with van der Waals surface area (Å²) in [6.45, 7) is 12.6. The van der Waals surface area contributed by atoms with Crippen LogP contribution in [-0.4, -0.2) is 98.3 Å². The maximum atomic E-state index is 13.6. The third kappa shape index (κ3) is 6.75. The Morgan fingerprint density at radius 1 is 1.00 bits per heavy atom. The lowest BCUT2D eigenvalue weighted by molar-refractivity contribution is -0.110. The molecule has 11 heteroatoms. The molecule has 0 bridgehead atoms. The van der Waals surface area contributed by atoms with Crippen molar-refractivity contribution in [2.45, 2.75) is 26.2 Å². The van der Waals surface area contributed by atoms with Gasteiger partial charge in [-0.25, -0.2) is 0 Å². The number of amides is 2. The number of rotatable bonds is 8. The predicted molar refractivity (Wildman–Crippen MR) is 163 cm³/mol. The van der Waals surface area contributed by atoms with E-state index in [-0.39, 0.29) is 17.0 Å². The second kappa shape index (κ2) is 13.2. The average molecular weight is 595 g/mol. The van der Waals surface area contributed by atoms with Gasteiger partial charge >= 0.3 is 0 Å². The predicted octanol–water partition coefficient (Wildman–Crippen LogP) is 4.20. The van der Waals surface area contributed by atoms with E-state index < -0.39 is 5.91 Å². The first-order chi connectivity index (χ1) is 20.3. The fourth-order valence-corrected chi connectivity index (χ4v) is 6.18. The molecule has 2 amide bonds. The highest BCUT2D eigenvalue weighted by Crippen LogP contribution is 2.37. The van der Waals surface area contributed by atoms with Crippen molar-refractivity contribution in [3.63, 3.8) is 0 Å². The fourth-order valence-electron chi connectivity index (χ4n) is 5.04. The van der Waals surface area contributed by atoms with E-state index in [1.807, 2.05) is 30.3 Å². The molecule has 1 aromatic heterocycles. The number of carbonyl (C=O) groups is 2. The zero-order chi connectivity index (χ0) is 29.7. The summed E-state index contributed by atoms with van der Waals surface area (Å²) in [5.74, 6) is -0.0788. The Labute approximate surface area is 249 Å². The Balaban J connectivity index is 1.39. The molecule has 2 aliphatic heterocycles. The lowest BCUT2D eigenvalue weighted by Gasteiger charge is -2.26. The van der Waals surface area contributed by atoms with Gasteiger partial charge in [-0.3, -0.25) is 14.5 Å². The number of ether oxygens (including phenoxy) is 3. The van der Waals surface area contributed by atoms with Gasteiger partial charge < -0.3 is 29.6 Å². The van der Waals surface area contributed by atoms with Crippen LogP contribution < -0.4 is 10.1 Å². The van der Waals surface area contributed by atoms with E-state index in [0.29, 0.717) is 54.8 Å². The first kappa shape index (κ1) is 30.0. The van der Waals surface area contributed by atoms with Crippen LogP contribution >= 0.6 is 11.3 Å². The Kier molecular flexibility index (Phi) is 9.42. The highest BCUT2D eigenvalue weighted by molar-refractivity contribution is 7.14. The minimum absolute atomic E-state index is 0.152. The van der Waals surface area contributed by atoms with Crippen LogP contribution in [-0.2, 0) is 19.7 Å². The van der Waals surface area contributed by atoms with E-state index in [4.69, 9.17) is 14.2 Å². The zero-order valence-corrected chi connectivity index (χ0v) is 25.2. The molecule has 224 valence electrons. The molecule has 2 aliphatic rings. The van der Waals surface area contributed by atoms with Crippen LogP contribution in [0.2, 0.25) is 0 Å². The number of hydrogen-bond donors (Lipinski definition) is 2. The normalized spacial score (nSPS) is 16.9. The first-order valence-electron chi connectivity index (χ1n) is 14.3. The molecule has 5 rings (SSSR count). The number of morpholine rings is 2.